The molecule has 0 spiro atoms. The molecule has 0 aliphatic carbocycles. The Morgan fingerprint density at radius 1 is 2.25 bits per heavy atom. The van der Waals surface area contributed by atoms with Crippen LogP contribution in [0.1, 0.15) is 18.3 Å². The molecule has 0 aromatic carbocycles. The fourth-order valence-corrected chi connectivity index (χ4v) is 0.454. The topological polar surface area (TPSA) is 49.3 Å². The minimum atomic E-state index is -2.67. The number of rotatable bonds is 1. The molecule has 8 heavy (non-hydrogen) atoms. The lowest BCUT2D eigenvalue weighted by molar-refractivity contribution is -0.139. The second-order valence-electron chi connectivity index (χ2n) is 1.34. The predicted molar refractivity (Wildman–Crippen MR) is 28.7 cm³/mol. The predicted octanol–water partition coefficient (Wildman–Crippen LogP) is -0.177. The molecule has 2 atom stereocenters. The summed E-state index contributed by atoms with van der Waals surface area (Å²) in [6.45, 7) is -0.372. The third-order valence-electron chi connectivity index (χ3n) is 0.782. The molecule has 0 aromatic rings. The summed E-state index contributed by atoms with van der Waals surface area (Å²) in [4.78, 5) is 10.6. The lowest BCUT2D eigenvalue weighted by atomic mass is 10.2. The molecular weight excluding hydrogens is 106 g/mol. The van der Waals surface area contributed by atoms with Gasteiger partial charge in [-0.3, -0.25) is 4.79 Å². The molecule has 1 aliphatic rings. The Kier molecular flexibility index (Phi) is 0.530. The van der Waals surface area contributed by atoms with Gasteiger partial charge in [0.2, 0.25) is 0 Å². The molecule has 1 aliphatic heterocycles. The average Bonchev–Trinajstić information content (AvgIpc) is 2.13. The maximum atomic E-state index is 10.6. The average molecular weight is 120 g/mol. The van der Waals surface area contributed by atoms with E-state index in [0.717, 1.165) is 0 Å². The van der Waals surface area contributed by atoms with E-state index in [4.69, 9.17) is 12.0 Å². The summed E-state index contributed by atoms with van der Waals surface area (Å²) in [6, 6.07) is -2.67. The van der Waals surface area contributed by atoms with Gasteiger partial charge in [0.05, 0.1) is 1.37 Å². The van der Waals surface area contributed by atoms with E-state index < -0.39 is 24.8 Å². The summed E-state index contributed by atoms with van der Waals surface area (Å²) < 4.78 is 36.1. The SMILES string of the molecule is [2H]C1CN([2H])[C@]([2H])(C(=O)O)C1([2H])[2H]. The minimum absolute atomic E-state index is 0.299. The highest BCUT2D eigenvalue weighted by Crippen LogP contribution is 2.03. The van der Waals surface area contributed by atoms with Gasteiger partial charge >= 0.3 is 5.97 Å². The second-order valence-corrected chi connectivity index (χ2v) is 1.34. The smallest absolute Gasteiger partial charge is 0.320 e. The third kappa shape index (κ3) is 0.980. The Morgan fingerprint density at radius 2 is 3.00 bits per heavy atom. The molecule has 0 radical (unpaired) electrons. The Labute approximate surface area is 54.8 Å². The number of carboxylic acid groups (broad SMARTS) is 1. The standard InChI is InChI=1S/C5H9NO2/c7-5(8)4-2-1-3-6-4/h4,6H,1-3H2,(H,7,8)/t4-/m0/s1/i1D,2D2,4D/hD/t1?,4-. The zero-order valence-electron chi connectivity index (χ0n) is 9.09. The first-order chi connectivity index (χ1) is 5.74. The number of nitrogens with one attached hydrogen (secondary N) is 1. The molecule has 3 nitrogen and oxygen atoms in total. The van der Waals surface area contributed by atoms with Crippen LogP contribution in [0.25, 0.3) is 0 Å². The Balaban J connectivity index is 3.14. The summed E-state index contributed by atoms with van der Waals surface area (Å²) >= 11 is 0. The van der Waals surface area contributed by atoms with Crippen molar-refractivity contribution in [2.45, 2.75) is 18.8 Å². The number of hydrogen-bond acceptors (Lipinski definition) is 2. The van der Waals surface area contributed by atoms with Gasteiger partial charge in [0.15, 0.2) is 0 Å². The van der Waals surface area contributed by atoms with Crippen molar-refractivity contribution in [2.75, 3.05) is 6.54 Å². The molecule has 2 N–H and O–H groups in total. The summed E-state index contributed by atoms with van der Waals surface area (Å²) in [6.07, 6.45) is -3.90. The van der Waals surface area contributed by atoms with Crippen molar-refractivity contribution in [1.82, 2.24) is 5.31 Å². The maximum Gasteiger partial charge on any atom is 0.320 e. The first kappa shape index (κ1) is 1.99. The number of carboxylic acids is 1. The van der Waals surface area contributed by atoms with Crippen LogP contribution in [0, 0.1) is 0 Å². The van der Waals surface area contributed by atoms with Gasteiger partial charge in [-0.2, -0.15) is 0 Å². The van der Waals surface area contributed by atoms with Crippen LogP contribution in [-0.2, 0) is 4.79 Å². The third-order valence-corrected chi connectivity index (χ3v) is 0.782. The summed E-state index contributed by atoms with van der Waals surface area (Å²) in [5.74, 6) is -1.73. The van der Waals surface area contributed by atoms with Gasteiger partial charge in [0.1, 0.15) is 7.43 Å². The highest BCUT2D eigenvalue weighted by atomic mass is 16.4. The molecule has 0 saturated carbocycles. The highest BCUT2D eigenvalue weighted by molar-refractivity contribution is 5.73. The van der Waals surface area contributed by atoms with Crippen molar-refractivity contribution >= 4 is 5.97 Å². The van der Waals surface area contributed by atoms with Gasteiger partial charge in [-0.1, -0.05) is 0 Å². The van der Waals surface area contributed by atoms with Gasteiger partial charge < -0.3 is 10.4 Å². The number of carbonyl (C=O) groups is 1. The Hall–Kier alpha value is -0.570. The maximum absolute atomic E-state index is 10.6. The van der Waals surface area contributed by atoms with Crippen LogP contribution in [0.4, 0.5) is 0 Å². The molecule has 0 bridgehead atoms. The molecule has 1 rings (SSSR count). The van der Waals surface area contributed by atoms with Gasteiger partial charge in [0, 0.05) is 4.11 Å². The van der Waals surface area contributed by atoms with Gasteiger partial charge in [-0.15, -0.1) is 0 Å². The van der Waals surface area contributed by atoms with Crippen LogP contribution in [-0.4, -0.2) is 23.6 Å². The number of hydrogen-bond donors (Lipinski definition) is 2. The molecule has 3 heteroatoms. The Bertz CT molecular complexity index is 247. The van der Waals surface area contributed by atoms with Gasteiger partial charge in [-0.05, 0) is 19.3 Å². The largest absolute Gasteiger partial charge is 0.480 e. The summed E-state index contributed by atoms with van der Waals surface area (Å²) in [7, 11) is 0. The summed E-state index contributed by atoms with van der Waals surface area (Å²) in [5.41, 5.74) is 0. The van der Waals surface area contributed by atoms with E-state index in [1.165, 1.54) is 0 Å². The van der Waals surface area contributed by atoms with Crippen molar-refractivity contribution < 1.29 is 16.8 Å². The first-order valence-electron chi connectivity index (χ1n) is 4.69. The van der Waals surface area contributed by atoms with Crippen LogP contribution in [0.3, 0.4) is 0 Å². The van der Waals surface area contributed by atoms with E-state index in [2.05, 4.69) is 0 Å². The lowest BCUT2D eigenvalue weighted by Gasteiger charge is -1.99. The van der Waals surface area contributed by atoms with Crippen LogP contribution < -0.4 is 5.31 Å². The van der Waals surface area contributed by atoms with E-state index in [9.17, 15) is 4.79 Å². The zero-order valence-corrected chi connectivity index (χ0v) is 4.09. The fourth-order valence-electron chi connectivity index (χ4n) is 0.454. The molecule has 1 heterocycles. The van der Waals surface area contributed by atoms with Crippen molar-refractivity contribution in [2.24, 2.45) is 0 Å². The lowest BCUT2D eigenvalue weighted by Crippen LogP contribution is -2.29. The van der Waals surface area contributed by atoms with Crippen molar-refractivity contribution in [1.29, 1.82) is 0 Å². The van der Waals surface area contributed by atoms with Crippen LogP contribution in [0.15, 0.2) is 0 Å². The monoisotopic (exact) mass is 120 g/mol. The zero-order chi connectivity index (χ0) is 10.4. The Morgan fingerprint density at radius 3 is 3.25 bits per heavy atom. The molecule has 0 aromatic heterocycles. The molecule has 1 fully saturated rings. The van der Waals surface area contributed by atoms with E-state index in [0.29, 0.717) is 5.31 Å². The first-order valence-corrected chi connectivity index (χ1v) is 2.16. The summed E-state index contributed by atoms with van der Waals surface area (Å²) in [5, 5.41) is 8.92. The normalized spacial score (nSPS) is 64.5. The second kappa shape index (κ2) is 2.13. The molecule has 1 saturated heterocycles. The molecule has 1 unspecified atom stereocenters. The quantitative estimate of drug-likeness (QED) is 0.505. The van der Waals surface area contributed by atoms with E-state index in [-0.39, 0.29) is 6.54 Å². The van der Waals surface area contributed by atoms with E-state index >= 15 is 0 Å². The molecule has 46 valence electrons. The van der Waals surface area contributed by atoms with Crippen molar-refractivity contribution in [3.8, 4) is 0 Å². The number of aliphatic carboxylic acids is 1. The molecule has 0 amide bonds. The van der Waals surface area contributed by atoms with Crippen LogP contribution in [0.2, 0.25) is 1.41 Å². The van der Waals surface area contributed by atoms with Crippen LogP contribution >= 0.6 is 0 Å². The highest BCUT2D eigenvalue weighted by Gasteiger charge is 2.20. The van der Waals surface area contributed by atoms with Crippen LogP contribution in [0.5, 0.6) is 0 Å². The van der Waals surface area contributed by atoms with E-state index in [1.54, 1.807) is 0 Å². The van der Waals surface area contributed by atoms with Gasteiger partial charge in [0.25, 0.3) is 0 Å². The molecular formula is C5H9NO2. The van der Waals surface area contributed by atoms with Crippen molar-refractivity contribution in [3.63, 3.8) is 0 Å². The minimum Gasteiger partial charge on any atom is -0.480 e. The van der Waals surface area contributed by atoms with Crippen molar-refractivity contribution in [3.05, 3.63) is 0 Å². The van der Waals surface area contributed by atoms with Gasteiger partial charge in [-0.25, -0.2) is 0 Å². The van der Waals surface area contributed by atoms with E-state index in [1.807, 2.05) is 0 Å². The fraction of sp³-hybridized carbons (Fsp3) is 0.800.